The molecule has 1 aromatic carbocycles. The summed E-state index contributed by atoms with van der Waals surface area (Å²) in [6.45, 7) is 15.7. The van der Waals surface area contributed by atoms with Crippen molar-refractivity contribution in [2.24, 2.45) is 5.41 Å². The van der Waals surface area contributed by atoms with Crippen LogP contribution in [0, 0.1) is 5.41 Å². The Morgan fingerprint density at radius 2 is 1.73 bits per heavy atom. The molecule has 0 spiro atoms. The number of imidazole rings is 1. The molecule has 184 valence electrons. The van der Waals surface area contributed by atoms with Crippen LogP contribution in [0.15, 0.2) is 23.1 Å². The average molecular weight is 480 g/mol. The zero-order valence-electron chi connectivity index (χ0n) is 21.0. The lowest BCUT2D eigenvalue weighted by atomic mass is 9.92. The van der Waals surface area contributed by atoms with Crippen LogP contribution in [0.25, 0.3) is 11.0 Å². The van der Waals surface area contributed by atoms with E-state index in [1.54, 1.807) is 52.8 Å². The molecule has 1 fully saturated rings. The number of hydrogen-bond acceptors (Lipinski definition) is 6. The molecule has 2 heterocycles. The third-order valence-electron chi connectivity index (χ3n) is 5.30. The van der Waals surface area contributed by atoms with Crippen molar-refractivity contribution in [2.45, 2.75) is 89.7 Å². The summed E-state index contributed by atoms with van der Waals surface area (Å²) in [5.41, 5.74) is -0.215. The number of aromatic nitrogens is 2. The zero-order chi connectivity index (χ0) is 25.0. The molecule has 0 unspecified atom stereocenters. The van der Waals surface area contributed by atoms with Gasteiger partial charge in [0.25, 0.3) is 0 Å². The summed E-state index contributed by atoms with van der Waals surface area (Å²) in [5.74, 6) is 0.814. The summed E-state index contributed by atoms with van der Waals surface area (Å²) in [6, 6.07) is 4.96. The maximum absolute atomic E-state index is 13.2. The van der Waals surface area contributed by atoms with Gasteiger partial charge in [-0.1, -0.05) is 20.8 Å². The third-order valence-corrected chi connectivity index (χ3v) is 7.39. The van der Waals surface area contributed by atoms with Gasteiger partial charge in [0.2, 0.25) is 0 Å². The van der Waals surface area contributed by atoms with Gasteiger partial charge in [0, 0.05) is 19.5 Å². The fourth-order valence-corrected chi connectivity index (χ4v) is 5.48. The van der Waals surface area contributed by atoms with Crippen molar-refractivity contribution in [2.75, 3.05) is 13.1 Å². The minimum absolute atomic E-state index is 0.0231. The highest BCUT2D eigenvalue weighted by Gasteiger charge is 2.42. The standard InChI is InChI=1S/C24H37N3O5S/c1-22(2,3)12-20-25-18-11-16(9-10-19(18)27(20)15-24(7,8)29)33(30,31)17-13-26(14-17)21(28)32-23(4,5)6/h9-11,17,29H,12-15H2,1-8H3. The number of nitrogens with zero attached hydrogens (tertiary/aromatic N) is 3. The van der Waals surface area contributed by atoms with Gasteiger partial charge in [-0.2, -0.15) is 0 Å². The second kappa shape index (κ2) is 8.27. The Balaban J connectivity index is 1.88. The lowest BCUT2D eigenvalue weighted by molar-refractivity contribution is 0.0139. The molecule has 0 atom stereocenters. The molecule has 1 aliphatic rings. The van der Waals surface area contributed by atoms with Gasteiger partial charge in [-0.3, -0.25) is 0 Å². The summed E-state index contributed by atoms with van der Waals surface area (Å²) < 4.78 is 33.7. The van der Waals surface area contributed by atoms with Crippen molar-refractivity contribution in [1.29, 1.82) is 0 Å². The maximum Gasteiger partial charge on any atom is 0.410 e. The molecule has 1 N–H and O–H groups in total. The second-order valence-electron chi connectivity index (χ2n) is 11.9. The highest BCUT2D eigenvalue weighted by Crippen LogP contribution is 2.30. The monoisotopic (exact) mass is 479 g/mol. The Morgan fingerprint density at radius 1 is 1.12 bits per heavy atom. The SMILES string of the molecule is CC(C)(C)Cc1nc2cc(S(=O)(=O)C3CN(C(=O)OC(C)(C)C)C3)ccc2n1CC(C)(C)O. The number of benzene rings is 1. The molecule has 0 radical (unpaired) electrons. The summed E-state index contributed by atoms with van der Waals surface area (Å²) in [4.78, 5) is 18.5. The predicted molar refractivity (Wildman–Crippen MR) is 128 cm³/mol. The minimum Gasteiger partial charge on any atom is -0.444 e. The molecule has 9 heteroatoms. The number of amides is 1. The highest BCUT2D eigenvalue weighted by atomic mass is 32.2. The Hall–Kier alpha value is -2.13. The van der Waals surface area contributed by atoms with Gasteiger partial charge >= 0.3 is 6.09 Å². The van der Waals surface area contributed by atoms with E-state index in [-0.39, 0.29) is 23.4 Å². The average Bonchev–Trinajstić information content (AvgIpc) is 2.84. The van der Waals surface area contributed by atoms with Crippen LogP contribution in [0.4, 0.5) is 4.79 Å². The van der Waals surface area contributed by atoms with Crippen LogP contribution in [-0.4, -0.2) is 63.6 Å². The predicted octanol–water partition coefficient (Wildman–Crippen LogP) is 3.79. The van der Waals surface area contributed by atoms with E-state index in [1.165, 1.54) is 4.90 Å². The molecular weight excluding hydrogens is 442 g/mol. The van der Waals surface area contributed by atoms with Crippen molar-refractivity contribution in [3.05, 3.63) is 24.0 Å². The van der Waals surface area contributed by atoms with Gasteiger partial charge in [0.15, 0.2) is 9.84 Å². The van der Waals surface area contributed by atoms with E-state index in [0.29, 0.717) is 18.5 Å². The van der Waals surface area contributed by atoms with E-state index in [1.807, 2.05) is 4.57 Å². The van der Waals surface area contributed by atoms with Crippen LogP contribution in [-0.2, 0) is 27.5 Å². The first-order chi connectivity index (χ1) is 14.9. The van der Waals surface area contributed by atoms with Crippen molar-refractivity contribution >= 4 is 27.0 Å². The van der Waals surface area contributed by atoms with E-state index in [4.69, 9.17) is 9.72 Å². The summed E-state index contributed by atoms with van der Waals surface area (Å²) in [5, 5.41) is 9.75. The van der Waals surface area contributed by atoms with Crippen molar-refractivity contribution in [3.8, 4) is 0 Å². The molecule has 0 bridgehead atoms. The number of rotatable bonds is 5. The largest absolute Gasteiger partial charge is 0.444 e. The Bertz CT molecular complexity index is 1140. The molecule has 1 saturated heterocycles. The van der Waals surface area contributed by atoms with Crippen LogP contribution >= 0.6 is 0 Å². The van der Waals surface area contributed by atoms with Crippen LogP contribution in [0.3, 0.4) is 0 Å². The number of ether oxygens (including phenoxy) is 1. The molecule has 1 amide bonds. The number of carbonyl (C=O) groups is 1. The minimum atomic E-state index is -3.63. The molecule has 1 aliphatic heterocycles. The van der Waals surface area contributed by atoms with Crippen molar-refractivity contribution in [3.63, 3.8) is 0 Å². The first kappa shape index (κ1) is 25.5. The molecule has 1 aromatic heterocycles. The molecule has 0 saturated carbocycles. The van der Waals surface area contributed by atoms with Gasteiger partial charge in [-0.15, -0.1) is 0 Å². The highest BCUT2D eigenvalue weighted by molar-refractivity contribution is 7.92. The van der Waals surface area contributed by atoms with Crippen LogP contribution in [0.5, 0.6) is 0 Å². The third kappa shape index (κ3) is 6.06. The first-order valence-corrected chi connectivity index (χ1v) is 12.8. The van der Waals surface area contributed by atoms with Gasteiger partial charge in [-0.05, 0) is 58.2 Å². The number of carbonyl (C=O) groups excluding carboxylic acids is 1. The molecule has 2 aromatic rings. The fourth-order valence-electron chi connectivity index (χ4n) is 3.81. The Kier molecular flexibility index (Phi) is 6.39. The zero-order valence-corrected chi connectivity index (χ0v) is 21.8. The number of likely N-dealkylation sites (tertiary alicyclic amines) is 1. The molecule has 33 heavy (non-hydrogen) atoms. The number of sulfone groups is 1. The molecular formula is C24H37N3O5S. The van der Waals surface area contributed by atoms with E-state index in [0.717, 1.165) is 11.3 Å². The second-order valence-corrected chi connectivity index (χ2v) is 14.1. The van der Waals surface area contributed by atoms with Gasteiger partial charge in [-0.25, -0.2) is 18.2 Å². The lowest BCUT2D eigenvalue weighted by Crippen LogP contribution is -2.57. The normalized spacial score (nSPS) is 16.2. The van der Waals surface area contributed by atoms with Crippen LogP contribution in [0.1, 0.15) is 61.2 Å². The number of aliphatic hydroxyl groups is 1. The molecule has 3 rings (SSSR count). The summed E-state index contributed by atoms with van der Waals surface area (Å²) in [7, 11) is -3.63. The molecule has 0 aliphatic carbocycles. The lowest BCUT2D eigenvalue weighted by Gasteiger charge is -2.39. The van der Waals surface area contributed by atoms with E-state index in [9.17, 15) is 18.3 Å². The van der Waals surface area contributed by atoms with Crippen molar-refractivity contribution < 1.29 is 23.1 Å². The smallest absolute Gasteiger partial charge is 0.410 e. The summed E-state index contributed by atoms with van der Waals surface area (Å²) in [6.07, 6.45) is 0.189. The Labute approximate surface area is 196 Å². The van der Waals surface area contributed by atoms with E-state index >= 15 is 0 Å². The van der Waals surface area contributed by atoms with Gasteiger partial charge in [0.05, 0.1) is 28.1 Å². The van der Waals surface area contributed by atoms with Crippen LogP contribution < -0.4 is 0 Å². The molecule has 8 nitrogen and oxygen atoms in total. The van der Waals surface area contributed by atoms with Gasteiger partial charge < -0.3 is 19.3 Å². The van der Waals surface area contributed by atoms with E-state index < -0.39 is 32.4 Å². The number of fused-ring (bicyclic) bond motifs is 1. The fraction of sp³-hybridized carbons (Fsp3) is 0.667. The number of hydrogen-bond donors (Lipinski definition) is 1. The topological polar surface area (TPSA) is 102 Å². The first-order valence-electron chi connectivity index (χ1n) is 11.3. The summed E-state index contributed by atoms with van der Waals surface area (Å²) >= 11 is 0. The van der Waals surface area contributed by atoms with E-state index in [2.05, 4.69) is 20.8 Å². The van der Waals surface area contributed by atoms with Crippen LogP contribution in [0.2, 0.25) is 0 Å². The maximum atomic E-state index is 13.2. The van der Waals surface area contributed by atoms with Gasteiger partial charge in [0.1, 0.15) is 16.7 Å². The van der Waals surface area contributed by atoms with Crippen molar-refractivity contribution in [1.82, 2.24) is 14.5 Å². The Morgan fingerprint density at radius 3 is 2.24 bits per heavy atom. The quantitative estimate of drug-likeness (QED) is 0.700.